The lowest BCUT2D eigenvalue weighted by Gasteiger charge is -2.61. The van der Waals surface area contributed by atoms with E-state index in [9.17, 15) is 9.59 Å². The first kappa shape index (κ1) is 23.6. The molecule has 3 fully saturated rings. The van der Waals surface area contributed by atoms with Gasteiger partial charge in [0, 0.05) is 18.8 Å². The van der Waals surface area contributed by atoms with Crippen molar-refractivity contribution >= 4 is 11.9 Å². The van der Waals surface area contributed by atoms with E-state index in [1.165, 1.54) is 39.2 Å². The standard InChI is InChI=1S/C26H44O4/c1-8-25(5)17(3)10-11-19-21-13-12-20(16(2)9-14-24(28)29-7)26(21,6)23(15-22(19)25)30-18(4)27/h16-17,19-23H,8-15H2,1-7H3. The molecule has 0 N–H and O–H groups in total. The number of carbonyl (C=O) groups excluding carboxylic acids is 2. The number of fused-ring (bicyclic) bond motifs is 3. The fraction of sp³-hybridized carbons (Fsp3) is 0.923. The number of rotatable bonds is 6. The van der Waals surface area contributed by atoms with Crippen LogP contribution in [0.2, 0.25) is 0 Å². The van der Waals surface area contributed by atoms with Crippen molar-refractivity contribution in [1.82, 2.24) is 0 Å². The SMILES string of the molecule is CCC1(C)C(C)CCC2C1CC(OC(C)=O)C1(C)C(C(C)CCC(=O)OC)CCC21. The normalized spacial score (nSPS) is 44.0. The van der Waals surface area contributed by atoms with E-state index in [0.29, 0.717) is 35.5 Å². The molecule has 3 rings (SSSR count). The van der Waals surface area contributed by atoms with Crippen molar-refractivity contribution in [2.45, 2.75) is 99.0 Å². The number of esters is 2. The average molecular weight is 421 g/mol. The number of methoxy groups -OCH3 is 1. The van der Waals surface area contributed by atoms with E-state index >= 15 is 0 Å². The van der Waals surface area contributed by atoms with Crippen molar-refractivity contribution < 1.29 is 19.1 Å². The Balaban J connectivity index is 1.91. The maximum Gasteiger partial charge on any atom is 0.305 e. The van der Waals surface area contributed by atoms with E-state index in [0.717, 1.165) is 24.7 Å². The Morgan fingerprint density at radius 2 is 1.80 bits per heavy atom. The molecular weight excluding hydrogens is 376 g/mol. The summed E-state index contributed by atoms with van der Waals surface area (Å²) < 4.78 is 11.0. The van der Waals surface area contributed by atoms with Crippen LogP contribution in [0.25, 0.3) is 0 Å². The summed E-state index contributed by atoms with van der Waals surface area (Å²) in [6.45, 7) is 13.5. The predicted octanol–water partition coefficient (Wildman–Crippen LogP) is 6.02. The van der Waals surface area contributed by atoms with E-state index in [1.807, 2.05) is 0 Å². The molecule has 0 aromatic rings. The number of carbonyl (C=O) groups is 2. The molecule has 4 nitrogen and oxygen atoms in total. The lowest BCUT2D eigenvalue weighted by atomic mass is 9.45. The Morgan fingerprint density at radius 1 is 1.10 bits per heavy atom. The molecule has 0 bridgehead atoms. The highest BCUT2D eigenvalue weighted by molar-refractivity contribution is 5.69. The van der Waals surface area contributed by atoms with Crippen molar-refractivity contribution in [1.29, 1.82) is 0 Å². The van der Waals surface area contributed by atoms with Crippen LogP contribution in [0.4, 0.5) is 0 Å². The van der Waals surface area contributed by atoms with E-state index in [2.05, 4.69) is 34.6 Å². The van der Waals surface area contributed by atoms with Crippen molar-refractivity contribution in [3.63, 3.8) is 0 Å². The molecule has 0 spiro atoms. The molecular formula is C26H44O4. The van der Waals surface area contributed by atoms with Crippen LogP contribution in [-0.2, 0) is 19.1 Å². The van der Waals surface area contributed by atoms with E-state index in [4.69, 9.17) is 9.47 Å². The first-order valence-electron chi connectivity index (χ1n) is 12.3. The zero-order valence-electron chi connectivity index (χ0n) is 20.3. The molecule has 0 heterocycles. The Hall–Kier alpha value is -1.06. The van der Waals surface area contributed by atoms with Crippen molar-refractivity contribution in [2.75, 3.05) is 7.11 Å². The lowest BCUT2D eigenvalue weighted by molar-refractivity contribution is -0.189. The van der Waals surface area contributed by atoms with Gasteiger partial charge in [-0.15, -0.1) is 0 Å². The summed E-state index contributed by atoms with van der Waals surface area (Å²) in [6.07, 6.45) is 8.58. The smallest absolute Gasteiger partial charge is 0.305 e. The molecule has 3 aliphatic carbocycles. The lowest BCUT2D eigenvalue weighted by Crippen LogP contribution is -2.58. The molecule has 9 atom stereocenters. The molecule has 30 heavy (non-hydrogen) atoms. The van der Waals surface area contributed by atoms with Crippen LogP contribution in [0.15, 0.2) is 0 Å². The number of ether oxygens (including phenoxy) is 2. The summed E-state index contributed by atoms with van der Waals surface area (Å²) in [6, 6.07) is 0. The highest BCUT2D eigenvalue weighted by Crippen LogP contribution is 2.67. The average Bonchev–Trinajstić information content (AvgIpc) is 3.07. The Morgan fingerprint density at radius 3 is 2.40 bits per heavy atom. The number of hydrogen-bond donors (Lipinski definition) is 0. The molecule has 0 amide bonds. The van der Waals surface area contributed by atoms with Crippen LogP contribution < -0.4 is 0 Å². The minimum Gasteiger partial charge on any atom is -0.469 e. The Bertz CT molecular complexity index is 645. The van der Waals surface area contributed by atoms with Gasteiger partial charge in [0.2, 0.25) is 0 Å². The largest absolute Gasteiger partial charge is 0.469 e. The van der Waals surface area contributed by atoms with E-state index < -0.39 is 0 Å². The molecule has 3 aliphatic rings. The van der Waals surface area contributed by atoms with Crippen molar-refractivity contribution in [2.24, 2.45) is 46.3 Å². The Labute approximate surface area is 183 Å². The fourth-order valence-electron chi connectivity index (χ4n) is 8.18. The molecule has 0 aliphatic heterocycles. The van der Waals surface area contributed by atoms with Gasteiger partial charge in [0.05, 0.1) is 7.11 Å². The van der Waals surface area contributed by atoms with Crippen LogP contribution in [0, 0.1) is 46.3 Å². The van der Waals surface area contributed by atoms with Gasteiger partial charge in [0.1, 0.15) is 6.10 Å². The van der Waals surface area contributed by atoms with Gasteiger partial charge in [0.25, 0.3) is 0 Å². The van der Waals surface area contributed by atoms with E-state index in [-0.39, 0.29) is 23.5 Å². The molecule has 0 aromatic carbocycles. The van der Waals surface area contributed by atoms with Gasteiger partial charge in [-0.1, -0.05) is 41.0 Å². The van der Waals surface area contributed by atoms with Gasteiger partial charge in [-0.3, -0.25) is 9.59 Å². The first-order valence-corrected chi connectivity index (χ1v) is 12.3. The van der Waals surface area contributed by atoms with Gasteiger partial charge in [-0.05, 0) is 79.4 Å². The highest BCUT2D eigenvalue weighted by atomic mass is 16.5. The third kappa shape index (κ3) is 3.81. The molecule has 4 heteroatoms. The second-order valence-electron chi connectivity index (χ2n) is 11.2. The molecule has 3 saturated carbocycles. The summed E-state index contributed by atoms with van der Waals surface area (Å²) >= 11 is 0. The van der Waals surface area contributed by atoms with Gasteiger partial charge >= 0.3 is 11.9 Å². The summed E-state index contributed by atoms with van der Waals surface area (Å²) in [5, 5.41) is 0. The second-order valence-corrected chi connectivity index (χ2v) is 11.2. The summed E-state index contributed by atoms with van der Waals surface area (Å²) in [5.41, 5.74) is 0.342. The summed E-state index contributed by atoms with van der Waals surface area (Å²) in [4.78, 5) is 23.9. The van der Waals surface area contributed by atoms with Gasteiger partial charge in [-0.25, -0.2) is 0 Å². The fourth-order valence-corrected chi connectivity index (χ4v) is 8.18. The number of hydrogen-bond acceptors (Lipinski definition) is 4. The van der Waals surface area contributed by atoms with Gasteiger partial charge in [-0.2, -0.15) is 0 Å². The van der Waals surface area contributed by atoms with Crippen LogP contribution in [0.1, 0.15) is 92.9 Å². The second kappa shape index (κ2) is 8.82. The minimum absolute atomic E-state index is 0.00879. The maximum absolute atomic E-state index is 12.1. The predicted molar refractivity (Wildman–Crippen MR) is 119 cm³/mol. The van der Waals surface area contributed by atoms with Crippen LogP contribution in [0.3, 0.4) is 0 Å². The highest BCUT2D eigenvalue weighted by Gasteiger charge is 2.63. The van der Waals surface area contributed by atoms with Crippen LogP contribution >= 0.6 is 0 Å². The molecule has 0 aromatic heterocycles. The first-order chi connectivity index (χ1) is 14.1. The Kier molecular flexibility index (Phi) is 6.94. The zero-order valence-corrected chi connectivity index (χ0v) is 20.3. The van der Waals surface area contributed by atoms with Crippen LogP contribution in [-0.4, -0.2) is 25.2 Å². The van der Waals surface area contributed by atoms with Crippen LogP contribution in [0.5, 0.6) is 0 Å². The van der Waals surface area contributed by atoms with Gasteiger partial charge in [0.15, 0.2) is 0 Å². The van der Waals surface area contributed by atoms with Crippen molar-refractivity contribution in [3.05, 3.63) is 0 Å². The molecule has 172 valence electrons. The van der Waals surface area contributed by atoms with Gasteiger partial charge < -0.3 is 9.47 Å². The maximum atomic E-state index is 12.1. The van der Waals surface area contributed by atoms with Crippen molar-refractivity contribution in [3.8, 4) is 0 Å². The minimum atomic E-state index is -0.145. The zero-order chi connectivity index (χ0) is 22.3. The topological polar surface area (TPSA) is 52.6 Å². The molecule has 0 saturated heterocycles. The van der Waals surface area contributed by atoms with E-state index in [1.54, 1.807) is 6.92 Å². The molecule has 9 unspecified atom stereocenters. The molecule has 0 radical (unpaired) electrons. The summed E-state index contributed by atoms with van der Waals surface area (Å²) in [5.74, 6) is 3.36. The quantitative estimate of drug-likeness (QED) is 0.493. The third-order valence-electron chi connectivity index (χ3n) is 10.3. The third-order valence-corrected chi connectivity index (χ3v) is 10.3. The summed E-state index contributed by atoms with van der Waals surface area (Å²) in [7, 11) is 1.47. The monoisotopic (exact) mass is 420 g/mol.